The predicted molar refractivity (Wildman–Crippen MR) is 45.8 cm³/mol. The minimum Gasteiger partial charge on any atom is -0.445 e. The average molecular weight is 204 g/mol. The molecule has 0 saturated heterocycles. The molecule has 2 N–H and O–H groups in total. The zero-order valence-electron chi connectivity index (χ0n) is 6.59. The van der Waals surface area contributed by atoms with Crippen LogP contribution in [0.15, 0.2) is 18.2 Å². The van der Waals surface area contributed by atoms with E-state index in [1.807, 2.05) is 0 Å². The summed E-state index contributed by atoms with van der Waals surface area (Å²) in [5.74, 6) is -0.549. The summed E-state index contributed by atoms with van der Waals surface area (Å²) in [5, 5.41) is 0.0304. The second kappa shape index (κ2) is 4.09. The van der Waals surface area contributed by atoms with Gasteiger partial charge in [-0.2, -0.15) is 0 Å². The van der Waals surface area contributed by atoms with Crippen LogP contribution in [0.4, 0.5) is 9.18 Å². The third-order valence-corrected chi connectivity index (χ3v) is 1.67. The van der Waals surface area contributed by atoms with Crippen molar-refractivity contribution in [3.8, 4) is 0 Å². The molecule has 13 heavy (non-hydrogen) atoms. The van der Waals surface area contributed by atoms with Crippen molar-refractivity contribution in [3.05, 3.63) is 34.6 Å². The predicted octanol–water partition coefficient (Wildman–Crippen LogP) is 2.07. The quantitative estimate of drug-likeness (QED) is 0.800. The third-order valence-electron chi connectivity index (χ3n) is 1.37. The maximum Gasteiger partial charge on any atom is 0.404 e. The Balaban J connectivity index is 2.68. The van der Waals surface area contributed by atoms with Gasteiger partial charge in [-0.15, -0.1) is 0 Å². The lowest BCUT2D eigenvalue weighted by Crippen LogP contribution is -2.12. The number of nitrogens with two attached hydrogens (primary N) is 1. The fourth-order valence-electron chi connectivity index (χ4n) is 0.784. The second-order valence-corrected chi connectivity index (χ2v) is 2.76. The maximum atomic E-state index is 12.8. The molecule has 0 fully saturated rings. The largest absolute Gasteiger partial charge is 0.445 e. The molecule has 1 rings (SSSR count). The van der Waals surface area contributed by atoms with Crippen LogP contribution in [0, 0.1) is 5.82 Å². The number of carbonyl (C=O) groups is 1. The molecule has 0 aliphatic rings. The van der Waals surface area contributed by atoms with Crippen molar-refractivity contribution in [1.29, 1.82) is 0 Å². The van der Waals surface area contributed by atoms with Gasteiger partial charge in [-0.25, -0.2) is 9.18 Å². The van der Waals surface area contributed by atoms with Gasteiger partial charge in [0, 0.05) is 0 Å². The third kappa shape index (κ3) is 2.91. The molecule has 0 radical (unpaired) electrons. The van der Waals surface area contributed by atoms with Gasteiger partial charge in [0.05, 0.1) is 5.02 Å². The lowest BCUT2D eigenvalue weighted by Gasteiger charge is -2.02. The van der Waals surface area contributed by atoms with Crippen molar-refractivity contribution in [1.82, 2.24) is 0 Å². The van der Waals surface area contributed by atoms with Gasteiger partial charge < -0.3 is 10.5 Å². The Hall–Kier alpha value is -1.29. The fraction of sp³-hybridized carbons (Fsp3) is 0.125. The molecule has 0 atom stereocenters. The summed E-state index contributed by atoms with van der Waals surface area (Å²) in [4.78, 5) is 10.2. The molecule has 1 aromatic carbocycles. The van der Waals surface area contributed by atoms with Crippen LogP contribution in [0.3, 0.4) is 0 Å². The minimum absolute atomic E-state index is 0.0304. The Morgan fingerprint density at radius 3 is 2.85 bits per heavy atom. The molecule has 0 aliphatic carbocycles. The number of ether oxygens (including phenoxy) is 1. The van der Waals surface area contributed by atoms with E-state index in [0.29, 0.717) is 5.56 Å². The molecule has 0 unspecified atom stereocenters. The Kier molecular flexibility index (Phi) is 3.08. The zero-order valence-corrected chi connectivity index (χ0v) is 7.34. The highest BCUT2D eigenvalue weighted by atomic mass is 35.5. The Bertz CT molecular complexity index is 330. The molecule has 1 amide bonds. The molecular formula is C8H7ClFNO2. The average Bonchev–Trinajstić information content (AvgIpc) is 2.07. The summed E-state index contributed by atoms with van der Waals surface area (Å²) in [6, 6.07) is 4.12. The van der Waals surface area contributed by atoms with Crippen LogP contribution in [0.5, 0.6) is 0 Å². The van der Waals surface area contributed by atoms with E-state index in [9.17, 15) is 9.18 Å². The standard InChI is InChI=1S/C8H7ClFNO2/c9-6-2-1-5(3-7(6)10)4-13-8(11)12/h1-3H,4H2,(H2,11,12). The fourth-order valence-corrected chi connectivity index (χ4v) is 0.901. The normalized spacial score (nSPS) is 9.69. The minimum atomic E-state index is -0.893. The van der Waals surface area contributed by atoms with Crippen molar-refractivity contribution in [3.63, 3.8) is 0 Å². The molecule has 0 bridgehead atoms. The molecule has 70 valence electrons. The number of amides is 1. The van der Waals surface area contributed by atoms with Crippen molar-refractivity contribution in [2.24, 2.45) is 5.73 Å². The Labute approximate surface area is 79.2 Å². The molecule has 0 saturated carbocycles. The van der Waals surface area contributed by atoms with Crippen molar-refractivity contribution in [2.45, 2.75) is 6.61 Å². The maximum absolute atomic E-state index is 12.8. The first-order valence-electron chi connectivity index (χ1n) is 3.46. The molecule has 0 aromatic heterocycles. The highest BCUT2D eigenvalue weighted by Crippen LogP contribution is 2.15. The lowest BCUT2D eigenvalue weighted by atomic mass is 10.2. The highest BCUT2D eigenvalue weighted by Gasteiger charge is 2.02. The van der Waals surface area contributed by atoms with Gasteiger partial charge in [0.25, 0.3) is 0 Å². The van der Waals surface area contributed by atoms with Crippen LogP contribution < -0.4 is 5.73 Å². The smallest absolute Gasteiger partial charge is 0.404 e. The van der Waals surface area contributed by atoms with Gasteiger partial charge >= 0.3 is 6.09 Å². The molecular weight excluding hydrogens is 197 g/mol. The van der Waals surface area contributed by atoms with Crippen LogP contribution in [0.1, 0.15) is 5.56 Å². The number of benzene rings is 1. The lowest BCUT2D eigenvalue weighted by molar-refractivity contribution is 0.150. The summed E-state index contributed by atoms with van der Waals surface area (Å²) in [7, 11) is 0. The van der Waals surface area contributed by atoms with E-state index in [1.54, 1.807) is 6.07 Å². The number of rotatable bonds is 2. The topological polar surface area (TPSA) is 52.3 Å². The summed E-state index contributed by atoms with van der Waals surface area (Å²) >= 11 is 5.44. The van der Waals surface area contributed by atoms with Crippen molar-refractivity contribution >= 4 is 17.7 Å². The molecule has 0 heterocycles. The van der Waals surface area contributed by atoms with Crippen LogP contribution in [-0.2, 0) is 11.3 Å². The number of hydrogen-bond donors (Lipinski definition) is 1. The van der Waals surface area contributed by atoms with E-state index in [-0.39, 0.29) is 11.6 Å². The first kappa shape index (κ1) is 9.80. The first-order chi connectivity index (χ1) is 6.09. The number of hydrogen-bond acceptors (Lipinski definition) is 2. The van der Waals surface area contributed by atoms with Gasteiger partial charge in [-0.1, -0.05) is 17.7 Å². The van der Waals surface area contributed by atoms with E-state index in [0.717, 1.165) is 0 Å². The molecule has 5 heteroatoms. The van der Waals surface area contributed by atoms with Crippen molar-refractivity contribution in [2.75, 3.05) is 0 Å². The summed E-state index contributed by atoms with van der Waals surface area (Å²) in [6.07, 6.45) is -0.893. The second-order valence-electron chi connectivity index (χ2n) is 2.36. The van der Waals surface area contributed by atoms with Gasteiger partial charge in [0.2, 0.25) is 0 Å². The molecule has 0 spiro atoms. The van der Waals surface area contributed by atoms with Crippen LogP contribution in [0.2, 0.25) is 5.02 Å². The number of carbonyl (C=O) groups excluding carboxylic acids is 1. The van der Waals surface area contributed by atoms with E-state index < -0.39 is 11.9 Å². The SMILES string of the molecule is NC(=O)OCc1ccc(Cl)c(F)c1. The Morgan fingerprint density at radius 1 is 1.62 bits per heavy atom. The molecule has 1 aromatic rings. The number of halogens is 2. The molecule has 0 aliphatic heterocycles. The summed E-state index contributed by atoms with van der Waals surface area (Å²) in [6.45, 7) is -0.0522. The van der Waals surface area contributed by atoms with E-state index in [2.05, 4.69) is 4.74 Å². The van der Waals surface area contributed by atoms with Gasteiger partial charge in [0.15, 0.2) is 0 Å². The van der Waals surface area contributed by atoms with E-state index in [1.165, 1.54) is 12.1 Å². The monoisotopic (exact) mass is 203 g/mol. The van der Waals surface area contributed by atoms with Crippen molar-refractivity contribution < 1.29 is 13.9 Å². The van der Waals surface area contributed by atoms with Crippen LogP contribution >= 0.6 is 11.6 Å². The number of primary amides is 1. The van der Waals surface area contributed by atoms with Crippen LogP contribution in [0.25, 0.3) is 0 Å². The first-order valence-corrected chi connectivity index (χ1v) is 3.83. The van der Waals surface area contributed by atoms with E-state index >= 15 is 0 Å². The van der Waals surface area contributed by atoms with Crippen LogP contribution in [-0.4, -0.2) is 6.09 Å². The van der Waals surface area contributed by atoms with Gasteiger partial charge in [0.1, 0.15) is 12.4 Å². The summed E-state index contributed by atoms with van der Waals surface area (Å²) in [5.41, 5.74) is 5.23. The Morgan fingerprint density at radius 2 is 2.31 bits per heavy atom. The zero-order chi connectivity index (χ0) is 9.84. The van der Waals surface area contributed by atoms with Gasteiger partial charge in [-0.3, -0.25) is 0 Å². The van der Waals surface area contributed by atoms with E-state index in [4.69, 9.17) is 17.3 Å². The van der Waals surface area contributed by atoms with Gasteiger partial charge in [-0.05, 0) is 17.7 Å². The summed E-state index contributed by atoms with van der Waals surface area (Å²) < 4.78 is 17.3. The highest BCUT2D eigenvalue weighted by molar-refractivity contribution is 6.30. The molecule has 3 nitrogen and oxygen atoms in total.